The first kappa shape index (κ1) is 12.4. The molecule has 0 atom stereocenters. The van der Waals surface area contributed by atoms with E-state index in [1.54, 1.807) is 0 Å². The first-order valence-electron chi connectivity index (χ1n) is 6.63. The molecular weight excluding hydrogens is 210 g/mol. The Balaban J connectivity index is 2.08. The normalized spacial score (nSPS) is 15.3. The highest BCUT2D eigenvalue weighted by atomic mass is 15.2. The van der Waals surface area contributed by atoms with E-state index >= 15 is 0 Å². The number of pyridine rings is 1. The number of anilines is 1. The molecule has 0 spiro atoms. The molecule has 3 heteroatoms. The van der Waals surface area contributed by atoms with Gasteiger partial charge in [0.1, 0.15) is 5.82 Å². The van der Waals surface area contributed by atoms with Crippen molar-refractivity contribution < 1.29 is 0 Å². The first-order chi connectivity index (χ1) is 8.20. The average molecular weight is 233 g/mol. The van der Waals surface area contributed by atoms with Gasteiger partial charge < -0.3 is 10.6 Å². The fourth-order valence-corrected chi connectivity index (χ4v) is 2.01. The molecule has 0 amide bonds. The minimum Gasteiger partial charge on any atom is -0.354 e. The van der Waals surface area contributed by atoms with E-state index in [9.17, 15) is 0 Å². The zero-order valence-corrected chi connectivity index (χ0v) is 10.9. The van der Waals surface area contributed by atoms with Crippen LogP contribution in [0.4, 0.5) is 5.82 Å². The second-order valence-electron chi connectivity index (χ2n) is 5.30. The van der Waals surface area contributed by atoms with Gasteiger partial charge in [0.15, 0.2) is 0 Å². The number of hydrogen-bond acceptors (Lipinski definition) is 3. The van der Waals surface area contributed by atoms with E-state index in [2.05, 4.69) is 35.9 Å². The van der Waals surface area contributed by atoms with E-state index in [0.717, 1.165) is 24.0 Å². The van der Waals surface area contributed by atoms with Crippen LogP contribution >= 0.6 is 0 Å². The first-order valence-corrected chi connectivity index (χ1v) is 6.63. The van der Waals surface area contributed by atoms with Gasteiger partial charge in [0.25, 0.3) is 0 Å². The Hall–Kier alpha value is -1.09. The van der Waals surface area contributed by atoms with Crippen molar-refractivity contribution in [3.05, 3.63) is 23.9 Å². The van der Waals surface area contributed by atoms with Gasteiger partial charge in [-0.2, -0.15) is 0 Å². The fourth-order valence-electron chi connectivity index (χ4n) is 2.01. The van der Waals surface area contributed by atoms with Crippen LogP contribution in [-0.4, -0.2) is 17.6 Å². The largest absolute Gasteiger partial charge is 0.354 e. The lowest BCUT2D eigenvalue weighted by Crippen LogP contribution is -2.28. The molecule has 17 heavy (non-hydrogen) atoms. The second-order valence-corrected chi connectivity index (χ2v) is 5.30. The minimum absolute atomic E-state index is 0.524. The molecule has 3 nitrogen and oxygen atoms in total. The van der Waals surface area contributed by atoms with Crippen molar-refractivity contribution in [1.82, 2.24) is 4.98 Å². The molecule has 1 aromatic heterocycles. The average Bonchev–Trinajstić information content (AvgIpc) is 3.14. The summed E-state index contributed by atoms with van der Waals surface area (Å²) in [5, 5.41) is 0. The molecule has 0 bridgehead atoms. The Kier molecular flexibility index (Phi) is 4.00. The van der Waals surface area contributed by atoms with Gasteiger partial charge in [-0.15, -0.1) is 0 Å². The lowest BCUT2D eigenvalue weighted by molar-refractivity contribution is 0.568. The van der Waals surface area contributed by atoms with E-state index in [0.29, 0.717) is 12.6 Å². The molecule has 0 saturated heterocycles. The molecule has 1 fully saturated rings. The summed E-state index contributed by atoms with van der Waals surface area (Å²) in [5.41, 5.74) is 6.64. The molecule has 0 unspecified atom stereocenters. The highest BCUT2D eigenvalue weighted by molar-refractivity contribution is 5.42. The summed E-state index contributed by atoms with van der Waals surface area (Å²) in [5.74, 6) is 1.85. The van der Waals surface area contributed by atoms with Gasteiger partial charge in [-0.3, -0.25) is 0 Å². The van der Waals surface area contributed by atoms with E-state index in [4.69, 9.17) is 5.73 Å². The Morgan fingerprint density at radius 3 is 2.76 bits per heavy atom. The number of rotatable bonds is 6. The van der Waals surface area contributed by atoms with Crippen LogP contribution in [0.1, 0.15) is 38.8 Å². The van der Waals surface area contributed by atoms with Crippen molar-refractivity contribution >= 4 is 5.82 Å². The summed E-state index contributed by atoms with van der Waals surface area (Å²) in [6.07, 6.45) is 3.85. The number of nitrogens with zero attached hydrogens (tertiary/aromatic N) is 2. The maximum Gasteiger partial charge on any atom is 0.129 e. The molecule has 1 aromatic rings. The molecule has 1 heterocycles. The topological polar surface area (TPSA) is 42.1 Å². The summed E-state index contributed by atoms with van der Waals surface area (Å²) in [4.78, 5) is 7.09. The highest BCUT2D eigenvalue weighted by Gasteiger charge is 2.29. The Labute approximate surface area is 104 Å². The summed E-state index contributed by atoms with van der Waals surface area (Å²) in [6, 6.07) is 6.89. The monoisotopic (exact) mass is 233 g/mol. The smallest absolute Gasteiger partial charge is 0.129 e. The molecule has 0 aromatic carbocycles. The van der Waals surface area contributed by atoms with Crippen molar-refractivity contribution in [2.75, 3.05) is 11.4 Å². The van der Waals surface area contributed by atoms with Crippen molar-refractivity contribution in [2.45, 2.75) is 45.7 Å². The SMILES string of the molecule is CC(C)CCN(c1cccc(CN)n1)C1CC1. The molecule has 0 radical (unpaired) electrons. The van der Waals surface area contributed by atoms with Crippen LogP contribution in [0.5, 0.6) is 0 Å². The zero-order valence-electron chi connectivity index (χ0n) is 10.9. The van der Waals surface area contributed by atoms with Crippen LogP contribution in [0.25, 0.3) is 0 Å². The summed E-state index contributed by atoms with van der Waals surface area (Å²) in [6.45, 7) is 6.18. The van der Waals surface area contributed by atoms with Gasteiger partial charge in [-0.1, -0.05) is 19.9 Å². The summed E-state index contributed by atoms with van der Waals surface area (Å²) in [7, 11) is 0. The maximum absolute atomic E-state index is 5.65. The predicted octanol–water partition coefficient (Wildman–Crippen LogP) is 2.56. The van der Waals surface area contributed by atoms with Crippen molar-refractivity contribution in [3.63, 3.8) is 0 Å². The molecular formula is C14H23N3. The highest BCUT2D eigenvalue weighted by Crippen LogP contribution is 2.31. The van der Waals surface area contributed by atoms with Crippen LogP contribution in [-0.2, 0) is 6.54 Å². The lowest BCUT2D eigenvalue weighted by atomic mass is 10.1. The Morgan fingerprint density at radius 1 is 1.41 bits per heavy atom. The quantitative estimate of drug-likeness (QED) is 0.821. The van der Waals surface area contributed by atoms with E-state index in [1.807, 2.05) is 6.07 Å². The number of nitrogens with two attached hydrogens (primary N) is 1. The second kappa shape index (κ2) is 5.50. The van der Waals surface area contributed by atoms with E-state index in [1.165, 1.54) is 19.3 Å². The van der Waals surface area contributed by atoms with Crippen LogP contribution in [0.3, 0.4) is 0 Å². The lowest BCUT2D eigenvalue weighted by Gasteiger charge is -2.24. The number of aromatic nitrogens is 1. The third-order valence-corrected chi connectivity index (χ3v) is 3.23. The van der Waals surface area contributed by atoms with Crippen LogP contribution < -0.4 is 10.6 Å². The Bertz CT molecular complexity index is 358. The molecule has 1 aliphatic rings. The van der Waals surface area contributed by atoms with Gasteiger partial charge in [0.2, 0.25) is 0 Å². The molecule has 0 aliphatic heterocycles. The molecule has 2 N–H and O–H groups in total. The van der Waals surface area contributed by atoms with Gasteiger partial charge >= 0.3 is 0 Å². The van der Waals surface area contributed by atoms with Crippen molar-refractivity contribution in [2.24, 2.45) is 11.7 Å². The molecule has 1 saturated carbocycles. The van der Waals surface area contributed by atoms with Gasteiger partial charge in [0, 0.05) is 19.1 Å². The summed E-state index contributed by atoms with van der Waals surface area (Å²) < 4.78 is 0. The minimum atomic E-state index is 0.524. The molecule has 1 aliphatic carbocycles. The van der Waals surface area contributed by atoms with Gasteiger partial charge in [-0.25, -0.2) is 4.98 Å². The van der Waals surface area contributed by atoms with Gasteiger partial charge in [0.05, 0.1) is 5.69 Å². The van der Waals surface area contributed by atoms with Crippen LogP contribution in [0.15, 0.2) is 18.2 Å². The molecule has 2 rings (SSSR count). The third-order valence-electron chi connectivity index (χ3n) is 3.23. The summed E-state index contributed by atoms with van der Waals surface area (Å²) >= 11 is 0. The van der Waals surface area contributed by atoms with E-state index < -0.39 is 0 Å². The zero-order chi connectivity index (χ0) is 12.3. The predicted molar refractivity (Wildman–Crippen MR) is 72.0 cm³/mol. The van der Waals surface area contributed by atoms with Gasteiger partial charge in [-0.05, 0) is 37.3 Å². The maximum atomic E-state index is 5.65. The fraction of sp³-hybridized carbons (Fsp3) is 0.643. The third kappa shape index (κ3) is 3.43. The van der Waals surface area contributed by atoms with Crippen LogP contribution in [0, 0.1) is 5.92 Å². The number of hydrogen-bond donors (Lipinski definition) is 1. The van der Waals surface area contributed by atoms with E-state index in [-0.39, 0.29) is 0 Å². The van der Waals surface area contributed by atoms with Crippen molar-refractivity contribution in [1.29, 1.82) is 0 Å². The standard InChI is InChI=1S/C14H23N3/c1-11(2)8-9-17(13-6-7-13)14-5-3-4-12(10-15)16-14/h3-5,11,13H,6-10,15H2,1-2H3. The Morgan fingerprint density at radius 2 is 2.18 bits per heavy atom. The van der Waals surface area contributed by atoms with Crippen molar-refractivity contribution in [3.8, 4) is 0 Å². The van der Waals surface area contributed by atoms with Crippen LogP contribution in [0.2, 0.25) is 0 Å². The molecule has 94 valence electrons.